The van der Waals surface area contributed by atoms with Crippen molar-refractivity contribution in [2.24, 2.45) is 5.92 Å². The topological polar surface area (TPSA) is 33.2 Å². The highest BCUT2D eigenvalue weighted by atomic mass is 79.9. The Morgan fingerprint density at radius 1 is 1.65 bits per heavy atom. The van der Waals surface area contributed by atoms with E-state index in [9.17, 15) is 4.79 Å². The number of nitrogens with zero attached hydrogens (tertiary/aromatic N) is 2. The summed E-state index contributed by atoms with van der Waals surface area (Å²) in [5.74, 6) is 0.451. The second kappa shape index (κ2) is 5.24. The summed E-state index contributed by atoms with van der Waals surface area (Å²) in [6, 6.07) is 1.86. The Morgan fingerprint density at radius 3 is 2.94 bits per heavy atom. The summed E-state index contributed by atoms with van der Waals surface area (Å²) in [6.07, 6.45) is 0.563. The fourth-order valence-electron chi connectivity index (χ4n) is 1.85. The molecule has 92 valence electrons. The Kier molecular flexibility index (Phi) is 4.10. The van der Waals surface area contributed by atoms with Gasteiger partial charge in [0.05, 0.1) is 11.4 Å². The minimum Gasteiger partial charge on any atom is -0.309 e. The van der Waals surface area contributed by atoms with Crippen LogP contribution < -0.4 is 4.90 Å². The van der Waals surface area contributed by atoms with Crippen molar-refractivity contribution in [1.29, 1.82) is 0 Å². The molecule has 0 radical (unpaired) electrons. The molecule has 1 aromatic rings. The van der Waals surface area contributed by atoms with Crippen LogP contribution in [0, 0.1) is 12.8 Å². The van der Waals surface area contributed by atoms with Crippen molar-refractivity contribution in [2.45, 2.75) is 13.3 Å². The highest BCUT2D eigenvalue weighted by Crippen LogP contribution is 2.33. The SMILES string of the molecule is Cc1nc(Cl)c(N2CC(CBr)CC2=O)cc1Br. The summed E-state index contributed by atoms with van der Waals surface area (Å²) in [7, 11) is 0. The van der Waals surface area contributed by atoms with Crippen molar-refractivity contribution in [2.75, 3.05) is 16.8 Å². The molecule has 0 bridgehead atoms. The highest BCUT2D eigenvalue weighted by Gasteiger charge is 2.31. The molecule has 0 aliphatic carbocycles. The van der Waals surface area contributed by atoms with Crippen LogP contribution in [0.25, 0.3) is 0 Å². The molecule has 3 nitrogen and oxygen atoms in total. The maximum atomic E-state index is 11.9. The molecule has 1 aliphatic rings. The van der Waals surface area contributed by atoms with Crippen molar-refractivity contribution in [3.8, 4) is 0 Å². The molecule has 1 amide bonds. The molecule has 1 saturated heterocycles. The molecule has 17 heavy (non-hydrogen) atoms. The summed E-state index contributed by atoms with van der Waals surface area (Å²) in [5, 5.41) is 1.21. The molecule has 1 aliphatic heterocycles. The summed E-state index contributed by atoms with van der Waals surface area (Å²) in [5.41, 5.74) is 1.51. The van der Waals surface area contributed by atoms with Crippen LogP contribution in [-0.4, -0.2) is 22.8 Å². The highest BCUT2D eigenvalue weighted by molar-refractivity contribution is 9.10. The van der Waals surface area contributed by atoms with Gasteiger partial charge in [0, 0.05) is 22.8 Å². The van der Waals surface area contributed by atoms with Crippen LogP contribution in [0.4, 0.5) is 5.69 Å². The molecular weight excluding hydrogens is 371 g/mol. The van der Waals surface area contributed by atoms with E-state index in [0.717, 1.165) is 15.5 Å². The summed E-state index contributed by atoms with van der Waals surface area (Å²) >= 11 is 12.9. The van der Waals surface area contributed by atoms with Crippen LogP contribution >= 0.6 is 43.5 Å². The number of aromatic nitrogens is 1. The fourth-order valence-corrected chi connectivity index (χ4v) is 2.87. The third-order valence-electron chi connectivity index (χ3n) is 2.80. The number of halogens is 3. The van der Waals surface area contributed by atoms with Crippen LogP contribution in [0.5, 0.6) is 0 Å². The molecule has 0 spiro atoms. The van der Waals surface area contributed by atoms with E-state index in [-0.39, 0.29) is 5.91 Å². The minimum absolute atomic E-state index is 0.105. The van der Waals surface area contributed by atoms with E-state index in [1.807, 2.05) is 13.0 Å². The van der Waals surface area contributed by atoms with E-state index < -0.39 is 0 Å². The van der Waals surface area contributed by atoms with E-state index in [1.54, 1.807) is 4.90 Å². The lowest BCUT2D eigenvalue weighted by Crippen LogP contribution is -2.25. The quantitative estimate of drug-likeness (QED) is 0.579. The Morgan fingerprint density at radius 2 is 2.35 bits per heavy atom. The van der Waals surface area contributed by atoms with E-state index in [0.29, 0.717) is 29.7 Å². The Labute approximate surface area is 122 Å². The standard InChI is InChI=1S/C11H11Br2ClN2O/c1-6-8(13)3-9(11(14)15-6)16-5-7(4-12)2-10(16)17/h3,7H,2,4-5H2,1H3. The average molecular weight is 382 g/mol. The zero-order valence-electron chi connectivity index (χ0n) is 9.21. The molecule has 2 rings (SSSR count). The van der Waals surface area contributed by atoms with Gasteiger partial charge in [-0.3, -0.25) is 4.79 Å². The molecule has 1 aromatic heterocycles. The number of rotatable bonds is 2. The van der Waals surface area contributed by atoms with Gasteiger partial charge in [0.15, 0.2) is 5.15 Å². The lowest BCUT2D eigenvalue weighted by atomic mass is 10.2. The zero-order chi connectivity index (χ0) is 12.6. The second-order valence-electron chi connectivity index (χ2n) is 4.09. The Hall–Kier alpha value is -0.130. The first-order valence-corrected chi connectivity index (χ1v) is 7.51. The number of amides is 1. The maximum Gasteiger partial charge on any atom is 0.227 e. The minimum atomic E-state index is 0.105. The number of carbonyl (C=O) groups excluding carboxylic acids is 1. The van der Waals surface area contributed by atoms with E-state index in [1.165, 1.54) is 0 Å². The first-order chi connectivity index (χ1) is 8.02. The lowest BCUT2D eigenvalue weighted by Gasteiger charge is -2.18. The Bertz CT molecular complexity index is 467. The van der Waals surface area contributed by atoms with Gasteiger partial charge in [-0.05, 0) is 34.8 Å². The van der Waals surface area contributed by atoms with Crippen molar-refractivity contribution in [3.63, 3.8) is 0 Å². The predicted molar refractivity (Wildman–Crippen MR) is 75.9 cm³/mol. The van der Waals surface area contributed by atoms with E-state index in [4.69, 9.17) is 11.6 Å². The van der Waals surface area contributed by atoms with Crippen LogP contribution in [0.15, 0.2) is 10.5 Å². The first-order valence-electron chi connectivity index (χ1n) is 5.22. The van der Waals surface area contributed by atoms with Crippen molar-refractivity contribution < 1.29 is 4.79 Å². The summed E-state index contributed by atoms with van der Waals surface area (Å²) in [6.45, 7) is 2.56. The molecule has 1 unspecified atom stereocenters. The summed E-state index contributed by atoms with van der Waals surface area (Å²) in [4.78, 5) is 17.8. The molecule has 0 N–H and O–H groups in total. The van der Waals surface area contributed by atoms with Crippen molar-refractivity contribution in [3.05, 3.63) is 21.4 Å². The Balaban J connectivity index is 2.35. The van der Waals surface area contributed by atoms with Gasteiger partial charge in [0.25, 0.3) is 0 Å². The second-order valence-corrected chi connectivity index (χ2v) is 5.95. The van der Waals surface area contributed by atoms with Crippen molar-refractivity contribution >= 4 is 55.1 Å². The van der Waals surface area contributed by atoms with Crippen LogP contribution in [0.3, 0.4) is 0 Å². The monoisotopic (exact) mass is 380 g/mol. The molecule has 1 fully saturated rings. The molecule has 0 aromatic carbocycles. The molecule has 2 heterocycles. The number of anilines is 1. The van der Waals surface area contributed by atoms with Gasteiger partial charge in [0.2, 0.25) is 5.91 Å². The molecular formula is C11H11Br2ClN2O. The lowest BCUT2D eigenvalue weighted by molar-refractivity contribution is -0.117. The molecule has 6 heteroatoms. The predicted octanol–water partition coefficient (Wildman–Crippen LogP) is 3.55. The fraction of sp³-hybridized carbons (Fsp3) is 0.455. The summed E-state index contributed by atoms with van der Waals surface area (Å²) < 4.78 is 0.868. The number of pyridine rings is 1. The van der Waals surface area contributed by atoms with Gasteiger partial charge < -0.3 is 4.90 Å². The third kappa shape index (κ3) is 2.66. The van der Waals surface area contributed by atoms with Crippen LogP contribution in [0.2, 0.25) is 5.15 Å². The van der Waals surface area contributed by atoms with Gasteiger partial charge in [-0.25, -0.2) is 4.98 Å². The van der Waals surface area contributed by atoms with E-state index in [2.05, 4.69) is 36.8 Å². The van der Waals surface area contributed by atoms with Crippen LogP contribution in [-0.2, 0) is 4.79 Å². The van der Waals surface area contributed by atoms with Gasteiger partial charge in [-0.15, -0.1) is 0 Å². The smallest absolute Gasteiger partial charge is 0.227 e. The number of aryl methyl sites for hydroxylation is 1. The van der Waals surface area contributed by atoms with Crippen molar-refractivity contribution in [1.82, 2.24) is 4.98 Å². The largest absolute Gasteiger partial charge is 0.309 e. The third-order valence-corrected chi connectivity index (χ3v) is 4.80. The van der Waals surface area contributed by atoms with Gasteiger partial charge in [0.1, 0.15) is 0 Å². The van der Waals surface area contributed by atoms with Crippen LogP contribution in [0.1, 0.15) is 12.1 Å². The van der Waals surface area contributed by atoms with Gasteiger partial charge in [-0.2, -0.15) is 0 Å². The zero-order valence-corrected chi connectivity index (χ0v) is 13.1. The number of alkyl halides is 1. The maximum absolute atomic E-state index is 11.9. The average Bonchev–Trinajstić information content (AvgIpc) is 2.65. The normalized spacial score (nSPS) is 20.1. The van der Waals surface area contributed by atoms with Gasteiger partial charge in [-0.1, -0.05) is 27.5 Å². The van der Waals surface area contributed by atoms with Gasteiger partial charge >= 0.3 is 0 Å². The molecule has 0 saturated carbocycles. The number of carbonyl (C=O) groups is 1. The molecule has 1 atom stereocenters. The number of hydrogen-bond acceptors (Lipinski definition) is 2. The van der Waals surface area contributed by atoms with E-state index >= 15 is 0 Å². The first kappa shape index (κ1) is 13.3. The number of hydrogen-bond donors (Lipinski definition) is 0.